The molecule has 0 aromatic heterocycles. The minimum atomic E-state index is -0.576. The molecule has 0 amide bonds. The van der Waals surface area contributed by atoms with E-state index in [-0.39, 0.29) is 5.97 Å². The van der Waals surface area contributed by atoms with E-state index in [4.69, 9.17) is 16.2 Å². The van der Waals surface area contributed by atoms with Gasteiger partial charge >= 0.3 is 5.97 Å². The fourth-order valence-corrected chi connectivity index (χ4v) is 1.06. The maximum Gasteiger partial charge on any atom is 0.323 e. The summed E-state index contributed by atoms with van der Waals surface area (Å²) in [5.74, 6) is 0.187. The smallest absolute Gasteiger partial charge is 0.323 e. The fourth-order valence-electron chi connectivity index (χ4n) is 1.06. The van der Waals surface area contributed by atoms with Gasteiger partial charge in [0.05, 0.1) is 5.84 Å². The molecular weight excluding hydrogens is 206 g/mol. The molecule has 0 unspecified atom stereocenters. The number of aliphatic imine (C=N–C) groups is 1. The van der Waals surface area contributed by atoms with Crippen LogP contribution in [0.25, 0.3) is 0 Å². The summed E-state index contributed by atoms with van der Waals surface area (Å²) in [5, 5.41) is 0. The van der Waals surface area contributed by atoms with Crippen LogP contribution in [0.1, 0.15) is 40.5 Å². The van der Waals surface area contributed by atoms with Crippen molar-refractivity contribution in [3.63, 3.8) is 0 Å². The molecule has 0 fully saturated rings. The Bertz CT molecular complexity index is 252. The summed E-state index contributed by atoms with van der Waals surface area (Å²) in [6.07, 6.45) is 1.29. The largest absolute Gasteiger partial charge is 0.459 e. The minimum Gasteiger partial charge on any atom is -0.459 e. The Hall–Kier alpha value is -1.10. The number of ether oxygens (including phenoxy) is 1. The standard InChI is InChI=1S/C11H23N3O2/c1-8(12)14-7-5-6-9(13)10(15)16-11(2,3)4/h9H,5-7,13H2,1-4H3,(H2,12,14)/t9-/m0/s1. The number of hydrogen-bond donors (Lipinski definition) is 2. The van der Waals surface area contributed by atoms with Crippen molar-refractivity contribution in [1.82, 2.24) is 0 Å². The van der Waals surface area contributed by atoms with Crippen molar-refractivity contribution < 1.29 is 9.53 Å². The van der Waals surface area contributed by atoms with Gasteiger partial charge in [0, 0.05) is 6.54 Å². The van der Waals surface area contributed by atoms with Gasteiger partial charge in [-0.2, -0.15) is 0 Å². The maximum absolute atomic E-state index is 11.5. The molecular formula is C11H23N3O2. The van der Waals surface area contributed by atoms with Crippen molar-refractivity contribution in [3.8, 4) is 0 Å². The van der Waals surface area contributed by atoms with Crippen LogP contribution in [0.4, 0.5) is 0 Å². The topological polar surface area (TPSA) is 90.7 Å². The third kappa shape index (κ3) is 8.23. The van der Waals surface area contributed by atoms with Crippen LogP contribution in [-0.2, 0) is 9.53 Å². The molecule has 5 nitrogen and oxygen atoms in total. The van der Waals surface area contributed by atoms with Crippen LogP contribution in [0.2, 0.25) is 0 Å². The van der Waals surface area contributed by atoms with E-state index in [1.54, 1.807) is 6.92 Å². The lowest BCUT2D eigenvalue weighted by Gasteiger charge is -2.22. The molecule has 0 aliphatic rings. The zero-order valence-corrected chi connectivity index (χ0v) is 10.6. The lowest BCUT2D eigenvalue weighted by atomic mass is 10.1. The van der Waals surface area contributed by atoms with Crippen molar-refractivity contribution in [2.24, 2.45) is 16.5 Å². The molecule has 0 aliphatic carbocycles. The molecule has 4 N–H and O–H groups in total. The summed E-state index contributed by atoms with van der Waals surface area (Å²) in [4.78, 5) is 15.5. The highest BCUT2D eigenvalue weighted by atomic mass is 16.6. The molecule has 16 heavy (non-hydrogen) atoms. The van der Waals surface area contributed by atoms with Gasteiger partial charge in [0.2, 0.25) is 0 Å². The van der Waals surface area contributed by atoms with Crippen LogP contribution in [0.5, 0.6) is 0 Å². The second-order valence-electron chi connectivity index (χ2n) is 4.81. The van der Waals surface area contributed by atoms with Gasteiger partial charge in [-0.15, -0.1) is 0 Å². The molecule has 0 heterocycles. The highest BCUT2D eigenvalue weighted by Gasteiger charge is 2.21. The van der Waals surface area contributed by atoms with Crippen molar-refractivity contribution in [1.29, 1.82) is 0 Å². The molecule has 0 aromatic carbocycles. The molecule has 94 valence electrons. The Balaban J connectivity index is 3.85. The Morgan fingerprint density at radius 2 is 2.00 bits per heavy atom. The van der Waals surface area contributed by atoms with Crippen molar-refractivity contribution in [2.75, 3.05) is 6.54 Å². The molecule has 1 atom stereocenters. The first-order valence-corrected chi connectivity index (χ1v) is 5.47. The SMILES string of the molecule is CC(N)=NCCC[C@H](N)C(=O)OC(C)(C)C. The molecule has 0 aliphatic heterocycles. The lowest BCUT2D eigenvalue weighted by molar-refractivity contribution is -0.156. The monoisotopic (exact) mass is 229 g/mol. The van der Waals surface area contributed by atoms with Crippen LogP contribution < -0.4 is 11.5 Å². The maximum atomic E-state index is 11.5. The fraction of sp³-hybridized carbons (Fsp3) is 0.818. The van der Waals surface area contributed by atoms with E-state index in [9.17, 15) is 4.79 Å². The van der Waals surface area contributed by atoms with E-state index >= 15 is 0 Å². The summed E-state index contributed by atoms with van der Waals surface area (Å²) < 4.78 is 5.15. The van der Waals surface area contributed by atoms with Crippen LogP contribution >= 0.6 is 0 Å². The molecule has 0 spiro atoms. The van der Waals surface area contributed by atoms with Crippen molar-refractivity contribution >= 4 is 11.8 Å². The van der Waals surface area contributed by atoms with E-state index in [0.717, 1.165) is 6.42 Å². The van der Waals surface area contributed by atoms with E-state index in [2.05, 4.69) is 4.99 Å². The molecule has 0 rings (SSSR count). The van der Waals surface area contributed by atoms with Gasteiger partial charge in [-0.3, -0.25) is 9.79 Å². The average Bonchev–Trinajstić information content (AvgIpc) is 2.08. The summed E-state index contributed by atoms with van der Waals surface area (Å²) in [7, 11) is 0. The molecule has 0 saturated carbocycles. The van der Waals surface area contributed by atoms with Crippen LogP contribution in [0.15, 0.2) is 4.99 Å². The van der Waals surface area contributed by atoms with E-state index in [0.29, 0.717) is 18.8 Å². The predicted octanol–water partition coefficient (Wildman–Crippen LogP) is 0.813. The number of amidine groups is 1. The van der Waals surface area contributed by atoms with Gasteiger partial charge in [-0.05, 0) is 40.5 Å². The van der Waals surface area contributed by atoms with Gasteiger partial charge in [-0.25, -0.2) is 0 Å². The highest BCUT2D eigenvalue weighted by molar-refractivity contribution is 5.77. The summed E-state index contributed by atoms with van der Waals surface area (Å²) in [5.41, 5.74) is 10.6. The molecule has 0 radical (unpaired) electrons. The van der Waals surface area contributed by atoms with Crippen LogP contribution in [-0.4, -0.2) is 30.0 Å². The molecule has 0 bridgehead atoms. The third-order valence-electron chi connectivity index (χ3n) is 1.74. The van der Waals surface area contributed by atoms with E-state index in [1.807, 2.05) is 20.8 Å². The number of carbonyl (C=O) groups excluding carboxylic acids is 1. The van der Waals surface area contributed by atoms with Gasteiger partial charge in [0.15, 0.2) is 0 Å². The summed E-state index contributed by atoms with van der Waals surface area (Å²) in [6, 6.07) is -0.576. The van der Waals surface area contributed by atoms with Crippen LogP contribution in [0, 0.1) is 0 Å². The minimum absolute atomic E-state index is 0.360. The van der Waals surface area contributed by atoms with Crippen molar-refractivity contribution in [3.05, 3.63) is 0 Å². The Kier molecular flexibility index (Phi) is 6.03. The zero-order chi connectivity index (χ0) is 12.8. The number of nitrogens with two attached hydrogens (primary N) is 2. The van der Waals surface area contributed by atoms with Gasteiger partial charge in [-0.1, -0.05) is 0 Å². The Morgan fingerprint density at radius 1 is 1.44 bits per heavy atom. The normalized spacial score (nSPS) is 14.7. The van der Waals surface area contributed by atoms with E-state index in [1.165, 1.54) is 0 Å². The first kappa shape index (κ1) is 14.9. The lowest BCUT2D eigenvalue weighted by Crippen LogP contribution is -2.37. The third-order valence-corrected chi connectivity index (χ3v) is 1.74. The Labute approximate surface area is 97.2 Å². The first-order chi connectivity index (χ1) is 7.22. The van der Waals surface area contributed by atoms with Gasteiger partial charge in [0.25, 0.3) is 0 Å². The second-order valence-corrected chi connectivity index (χ2v) is 4.81. The number of nitrogens with zero attached hydrogens (tertiary/aromatic N) is 1. The number of hydrogen-bond acceptors (Lipinski definition) is 4. The van der Waals surface area contributed by atoms with Gasteiger partial charge < -0.3 is 16.2 Å². The zero-order valence-electron chi connectivity index (χ0n) is 10.6. The molecule has 5 heteroatoms. The second kappa shape index (κ2) is 6.48. The van der Waals surface area contributed by atoms with Gasteiger partial charge in [0.1, 0.15) is 11.6 Å². The Morgan fingerprint density at radius 3 is 2.44 bits per heavy atom. The molecule has 0 aromatic rings. The van der Waals surface area contributed by atoms with Crippen molar-refractivity contribution in [2.45, 2.75) is 52.2 Å². The predicted molar refractivity (Wildman–Crippen MR) is 65.2 cm³/mol. The first-order valence-electron chi connectivity index (χ1n) is 5.47. The highest BCUT2D eigenvalue weighted by Crippen LogP contribution is 2.09. The van der Waals surface area contributed by atoms with E-state index < -0.39 is 11.6 Å². The quantitative estimate of drug-likeness (QED) is 0.316. The average molecular weight is 229 g/mol. The summed E-state index contributed by atoms with van der Waals surface area (Å²) >= 11 is 0. The number of esters is 1. The number of rotatable bonds is 5. The molecule has 0 saturated heterocycles. The van der Waals surface area contributed by atoms with Crippen LogP contribution in [0.3, 0.4) is 0 Å². The number of carbonyl (C=O) groups is 1. The summed E-state index contributed by atoms with van der Waals surface area (Å²) in [6.45, 7) is 7.78.